The van der Waals surface area contributed by atoms with Crippen LogP contribution in [0, 0.1) is 13.8 Å². The Morgan fingerprint density at radius 2 is 1.85 bits per heavy atom. The third kappa shape index (κ3) is 3.72. The smallest absolute Gasteiger partial charge is 0.338 e. The standard InChI is InChI=1S/C20H19N3O4/c1-12-18(14(3)24)13(2)22-19(12)17(25)11-27-20(26)15-5-7-16(8-6-15)23-10-4-9-21-23/h4-10,22H,11H2,1-3H3. The molecule has 0 saturated carbocycles. The van der Waals surface area contributed by atoms with Crippen molar-refractivity contribution >= 4 is 17.5 Å². The van der Waals surface area contributed by atoms with Gasteiger partial charge in [0.1, 0.15) is 0 Å². The van der Waals surface area contributed by atoms with E-state index in [0.29, 0.717) is 28.1 Å². The molecule has 27 heavy (non-hydrogen) atoms. The summed E-state index contributed by atoms with van der Waals surface area (Å²) in [5.41, 5.74) is 3.14. The molecular weight excluding hydrogens is 346 g/mol. The van der Waals surface area contributed by atoms with Gasteiger partial charge in [-0.25, -0.2) is 9.48 Å². The first-order valence-corrected chi connectivity index (χ1v) is 8.39. The number of rotatable bonds is 6. The van der Waals surface area contributed by atoms with Gasteiger partial charge in [0.15, 0.2) is 12.4 Å². The van der Waals surface area contributed by atoms with Gasteiger partial charge in [-0.15, -0.1) is 0 Å². The Hall–Kier alpha value is -3.48. The number of nitrogens with zero attached hydrogens (tertiary/aromatic N) is 2. The van der Waals surface area contributed by atoms with Crippen molar-refractivity contribution in [3.8, 4) is 5.69 Å². The monoisotopic (exact) mass is 365 g/mol. The Bertz CT molecular complexity index is 999. The predicted octanol–water partition coefficient (Wildman–Crippen LogP) is 3.06. The number of benzene rings is 1. The summed E-state index contributed by atoms with van der Waals surface area (Å²) in [6.45, 7) is 4.47. The van der Waals surface area contributed by atoms with Crippen molar-refractivity contribution < 1.29 is 19.1 Å². The van der Waals surface area contributed by atoms with E-state index < -0.39 is 12.6 Å². The molecule has 0 radical (unpaired) electrons. The molecule has 0 spiro atoms. The van der Waals surface area contributed by atoms with Crippen LogP contribution in [0.25, 0.3) is 5.69 Å². The van der Waals surface area contributed by atoms with Crippen molar-refractivity contribution in [3.05, 3.63) is 70.8 Å². The maximum Gasteiger partial charge on any atom is 0.338 e. The van der Waals surface area contributed by atoms with Gasteiger partial charge in [0, 0.05) is 23.7 Å². The highest BCUT2D eigenvalue weighted by molar-refractivity contribution is 6.04. The van der Waals surface area contributed by atoms with Crippen molar-refractivity contribution in [2.45, 2.75) is 20.8 Å². The largest absolute Gasteiger partial charge is 0.454 e. The first kappa shape index (κ1) is 18.3. The number of Topliss-reactive ketones (excluding diaryl/α,β-unsaturated/α-hetero) is 2. The molecule has 0 saturated heterocycles. The van der Waals surface area contributed by atoms with Gasteiger partial charge in [-0.1, -0.05) is 0 Å². The lowest BCUT2D eigenvalue weighted by Gasteiger charge is -2.06. The number of hydrogen-bond acceptors (Lipinski definition) is 5. The normalized spacial score (nSPS) is 10.6. The summed E-state index contributed by atoms with van der Waals surface area (Å²) in [7, 11) is 0. The lowest BCUT2D eigenvalue weighted by atomic mass is 10.1. The number of nitrogens with one attached hydrogen (secondary N) is 1. The van der Waals surface area contributed by atoms with Crippen molar-refractivity contribution in [2.24, 2.45) is 0 Å². The van der Waals surface area contributed by atoms with Crippen LogP contribution in [0.3, 0.4) is 0 Å². The number of H-pyrrole nitrogens is 1. The highest BCUT2D eigenvalue weighted by Gasteiger charge is 2.21. The van der Waals surface area contributed by atoms with Gasteiger partial charge in [-0.3, -0.25) is 9.59 Å². The number of aromatic nitrogens is 3. The maximum atomic E-state index is 12.4. The van der Waals surface area contributed by atoms with Gasteiger partial charge in [-0.2, -0.15) is 5.10 Å². The van der Waals surface area contributed by atoms with Crippen molar-refractivity contribution in [1.29, 1.82) is 0 Å². The summed E-state index contributed by atoms with van der Waals surface area (Å²) in [6.07, 6.45) is 3.46. The number of aryl methyl sites for hydroxylation is 1. The number of carbonyl (C=O) groups excluding carboxylic acids is 3. The minimum Gasteiger partial charge on any atom is -0.454 e. The van der Waals surface area contributed by atoms with Gasteiger partial charge < -0.3 is 9.72 Å². The van der Waals surface area contributed by atoms with Gasteiger partial charge in [-0.05, 0) is 56.7 Å². The minimum absolute atomic E-state index is 0.116. The first-order chi connectivity index (χ1) is 12.9. The molecule has 2 aromatic heterocycles. The number of carbonyl (C=O) groups is 3. The van der Waals surface area contributed by atoms with Crippen LogP contribution in [0.15, 0.2) is 42.7 Å². The molecule has 0 aliphatic carbocycles. The Morgan fingerprint density at radius 3 is 2.41 bits per heavy atom. The minimum atomic E-state index is -0.594. The second kappa shape index (κ2) is 7.41. The number of ether oxygens (including phenoxy) is 1. The molecule has 0 aliphatic rings. The molecular formula is C20H19N3O4. The van der Waals surface area contributed by atoms with Gasteiger partial charge in [0.2, 0.25) is 5.78 Å². The maximum absolute atomic E-state index is 12.4. The van der Waals surface area contributed by atoms with Crippen molar-refractivity contribution in [3.63, 3.8) is 0 Å². The molecule has 7 heteroatoms. The van der Waals surface area contributed by atoms with Gasteiger partial charge >= 0.3 is 5.97 Å². The van der Waals surface area contributed by atoms with Crippen LogP contribution in [-0.4, -0.2) is 38.9 Å². The van der Waals surface area contributed by atoms with E-state index in [1.807, 2.05) is 0 Å². The van der Waals surface area contributed by atoms with E-state index in [4.69, 9.17) is 4.74 Å². The van der Waals surface area contributed by atoms with Crippen LogP contribution in [0.5, 0.6) is 0 Å². The molecule has 0 bridgehead atoms. The number of aromatic amines is 1. The van der Waals surface area contributed by atoms with Gasteiger partial charge in [0.25, 0.3) is 0 Å². The Labute approximate surface area is 156 Å². The van der Waals surface area contributed by atoms with Gasteiger partial charge in [0.05, 0.1) is 16.9 Å². The summed E-state index contributed by atoms with van der Waals surface area (Å²) in [6, 6.07) is 8.51. The first-order valence-electron chi connectivity index (χ1n) is 8.39. The summed E-state index contributed by atoms with van der Waals surface area (Å²) in [5, 5.41) is 4.11. The van der Waals surface area contributed by atoms with Crippen molar-refractivity contribution in [1.82, 2.24) is 14.8 Å². The van der Waals surface area contributed by atoms with Crippen LogP contribution >= 0.6 is 0 Å². The van der Waals surface area contributed by atoms with Crippen LogP contribution in [0.2, 0.25) is 0 Å². The van der Waals surface area contributed by atoms with E-state index >= 15 is 0 Å². The number of hydrogen-bond donors (Lipinski definition) is 1. The molecule has 0 fully saturated rings. The molecule has 0 unspecified atom stereocenters. The third-order valence-corrected chi connectivity index (χ3v) is 4.27. The van der Waals surface area contributed by atoms with Crippen LogP contribution in [-0.2, 0) is 4.74 Å². The second-order valence-electron chi connectivity index (χ2n) is 6.18. The summed E-state index contributed by atoms with van der Waals surface area (Å²) in [4.78, 5) is 39.1. The summed E-state index contributed by atoms with van der Waals surface area (Å²) in [5.74, 6) is -1.10. The fraction of sp³-hybridized carbons (Fsp3) is 0.200. The van der Waals surface area contributed by atoms with Crippen LogP contribution in [0.4, 0.5) is 0 Å². The van der Waals surface area contributed by atoms with E-state index in [2.05, 4.69) is 10.1 Å². The molecule has 138 valence electrons. The van der Waals surface area contributed by atoms with Crippen LogP contribution in [0.1, 0.15) is 49.4 Å². The zero-order valence-electron chi connectivity index (χ0n) is 15.3. The predicted molar refractivity (Wildman–Crippen MR) is 98.4 cm³/mol. The molecule has 7 nitrogen and oxygen atoms in total. The highest BCUT2D eigenvalue weighted by Crippen LogP contribution is 2.19. The molecule has 0 amide bonds. The van der Waals surface area contributed by atoms with Crippen molar-refractivity contribution in [2.75, 3.05) is 6.61 Å². The molecule has 1 aromatic carbocycles. The summed E-state index contributed by atoms with van der Waals surface area (Å²) >= 11 is 0. The van der Waals surface area contributed by atoms with E-state index in [1.165, 1.54) is 6.92 Å². The molecule has 0 aliphatic heterocycles. The fourth-order valence-electron chi connectivity index (χ4n) is 3.02. The quantitative estimate of drug-likeness (QED) is 0.535. The van der Waals surface area contributed by atoms with E-state index in [-0.39, 0.29) is 11.6 Å². The second-order valence-corrected chi connectivity index (χ2v) is 6.18. The average Bonchev–Trinajstić information content (AvgIpc) is 3.27. The zero-order chi connectivity index (χ0) is 19.6. The molecule has 1 N–H and O–H groups in total. The molecule has 3 rings (SSSR count). The Balaban J connectivity index is 1.66. The Morgan fingerprint density at radius 1 is 1.15 bits per heavy atom. The fourth-order valence-corrected chi connectivity index (χ4v) is 3.02. The Kier molecular flexibility index (Phi) is 5.03. The lowest BCUT2D eigenvalue weighted by Crippen LogP contribution is -2.15. The number of ketones is 2. The van der Waals surface area contributed by atoms with E-state index in [0.717, 1.165) is 5.69 Å². The molecule has 2 heterocycles. The lowest BCUT2D eigenvalue weighted by molar-refractivity contribution is 0.0473. The SMILES string of the molecule is CC(=O)c1c(C)[nH]c(C(=O)COC(=O)c2ccc(-n3cccn3)cc2)c1C. The molecule has 3 aromatic rings. The average molecular weight is 365 g/mol. The van der Waals surface area contributed by atoms with E-state index in [9.17, 15) is 14.4 Å². The molecule has 0 atom stereocenters. The number of esters is 1. The zero-order valence-corrected chi connectivity index (χ0v) is 15.3. The third-order valence-electron chi connectivity index (χ3n) is 4.27. The summed E-state index contributed by atoms with van der Waals surface area (Å²) < 4.78 is 6.79. The topological polar surface area (TPSA) is 94.0 Å². The van der Waals surface area contributed by atoms with Crippen LogP contribution < -0.4 is 0 Å². The highest BCUT2D eigenvalue weighted by atomic mass is 16.5. The van der Waals surface area contributed by atoms with E-state index in [1.54, 1.807) is 61.3 Å².